The van der Waals surface area contributed by atoms with E-state index in [9.17, 15) is 4.79 Å². The summed E-state index contributed by atoms with van der Waals surface area (Å²) < 4.78 is 4.48. The predicted octanol–water partition coefficient (Wildman–Crippen LogP) is 1.05. The second kappa shape index (κ2) is 3.68. The fraction of sp³-hybridized carbons (Fsp3) is 0.222. The Hall–Kier alpha value is -1.89. The normalized spacial score (nSPS) is 9.00. The van der Waals surface area contributed by atoms with Crippen molar-refractivity contribution < 1.29 is 9.53 Å². The van der Waals surface area contributed by atoms with Crippen molar-refractivity contribution in [3.63, 3.8) is 0 Å². The second-order valence-corrected chi connectivity index (χ2v) is 2.45. The number of pyridine rings is 1. The number of hydrogen-bond donors (Lipinski definition) is 0. The molecule has 0 spiro atoms. The van der Waals surface area contributed by atoms with Gasteiger partial charge in [0, 0.05) is 5.69 Å². The molecule has 0 bridgehead atoms. The summed E-state index contributed by atoms with van der Waals surface area (Å²) in [4.78, 5) is 15.0. The van der Waals surface area contributed by atoms with E-state index in [0.29, 0.717) is 5.69 Å². The van der Waals surface area contributed by atoms with Crippen LogP contribution in [0.4, 0.5) is 0 Å². The molecule has 0 radical (unpaired) electrons. The van der Waals surface area contributed by atoms with Crippen molar-refractivity contribution in [2.45, 2.75) is 6.92 Å². The number of carbonyl (C=O) groups excluding carboxylic acids is 1. The summed E-state index contributed by atoms with van der Waals surface area (Å²) in [6.07, 6.45) is 0. The lowest BCUT2D eigenvalue weighted by molar-refractivity contribution is 0.0593. The lowest BCUT2D eigenvalue weighted by atomic mass is 10.2. The molecule has 0 aromatic carbocycles. The van der Waals surface area contributed by atoms with Gasteiger partial charge in [-0.1, -0.05) is 0 Å². The van der Waals surface area contributed by atoms with Crippen molar-refractivity contribution in [1.82, 2.24) is 4.98 Å². The second-order valence-electron chi connectivity index (χ2n) is 2.45. The molecule has 0 atom stereocenters. The molecule has 4 heteroatoms. The van der Waals surface area contributed by atoms with Crippen LogP contribution in [0.1, 0.15) is 21.7 Å². The average molecular weight is 176 g/mol. The van der Waals surface area contributed by atoms with E-state index in [-0.39, 0.29) is 11.3 Å². The lowest BCUT2D eigenvalue weighted by Crippen LogP contribution is -2.07. The Balaban J connectivity index is 3.25. The molecular weight excluding hydrogens is 168 g/mol. The van der Waals surface area contributed by atoms with Crippen LogP contribution in [0, 0.1) is 18.3 Å². The highest BCUT2D eigenvalue weighted by atomic mass is 16.5. The molecular formula is C9H8N2O2. The summed E-state index contributed by atoms with van der Waals surface area (Å²) in [7, 11) is 1.26. The number of ether oxygens (including phenoxy) is 1. The van der Waals surface area contributed by atoms with Crippen LogP contribution >= 0.6 is 0 Å². The Labute approximate surface area is 75.8 Å². The average Bonchev–Trinajstić information content (AvgIpc) is 2.16. The number of rotatable bonds is 1. The Morgan fingerprint density at radius 1 is 1.62 bits per heavy atom. The monoisotopic (exact) mass is 176 g/mol. The molecule has 4 nitrogen and oxygen atoms in total. The van der Waals surface area contributed by atoms with Crippen LogP contribution in [0.25, 0.3) is 0 Å². The molecule has 66 valence electrons. The molecule has 1 rings (SSSR count). The quantitative estimate of drug-likeness (QED) is 0.600. The third-order valence-corrected chi connectivity index (χ3v) is 1.53. The zero-order valence-corrected chi connectivity index (χ0v) is 7.37. The Morgan fingerprint density at radius 3 is 2.85 bits per heavy atom. The van der Waals surface area contributed by atoms with Gasteiger partial charge in [-0.2, -0.15) is 5.26 Å². The molecule has 1 heterocycles. The van der Waals surface area contributed by atoms with Gasteiger partial charge >= 0.3 is 5.97 Å². The number of nitrogens with zero attached hydrogens (tertiary/aromatic N) is 2. The summed E-state index contributed by atoms with van der Waals surface area (Å²) in [5.74, 6) is -0.583. The number of aryl methyl sites for hydroxylation is 1. The molecule has 0 saturated heterocycles. The summed E-state index contributed by atoms with van der Waals surface area (Å²) >= 11 is 0. The summed E-state index contributed by atoms with van der Waals surface area (Å²) in [5.41, 5.74) is 0.988. The molecule has 1 aromatic heterocycles. The maximum atomic E-state index is 11.1. The van der Waals surface area contributed by atoms with Gasteiger partial charge in [-0.3, -0.25) is 0 Å². The number of carbonyl (C=O) groups is 1. The zero-order valence-electron chi connectivity index (χ0n) is 7.37. The largest absolute Gasteiger partial charge is 0.464 e. The summed E-state index contributed by atoms with van der Waals surface area (Å²) in [6, 6.07) is 5.10. The van der Waals surface area contributed by atoms with Gasteiger partial charge in [-0.05, 0) is 19.1 Å². The molecule has 0 N–H and O–H groups in total. The van der Waals surface area contributed by atoms with Gasteiger partial charge in [-0.15, -0.1) is 0 Å². The number of methoxy groups -OCH3 is 1. The van der Waals surface area contributed by atoms with Crippen molar-refractivity contribution in [2.24, 2.45) is 0 Å². The SMILES string of the molecule is COC(=O)c1nc(C)ccc1C#N. The number of aromatic nitrogens is 1. The number of nitriles is 1. The van der Waals surface area contributed by atoms with Gasteiger partial charge < -0.3 is 4.74 Å². The zero-order chi connectivity index (χ0) is 9.84. The van der Waals surface area contributed by atoms with Gasteiger partial charge in [0.25, 0.3) is 0 Å². The van der Waals surface area contributed by atoms with Crippen molar-refractivity contribution in [2.75, 3.05) is 7.11 Å². The fourth-order valence-electron chi connectivity index (χ4n) is 0.899. The minimum absolute atomic E-state index is 0.0741. The first-order valence-electron chi connectivity index (χ1n) is 3.65. The highest BCUT2D eigenvalue weighted by Crippen LogP contribution is 2.07. The van der Waals surface area contributed by atoms with Gasteiger partial charge in [0.05, 0.1) is 12.7 Å². The van der Waals surface area contributed by atoms with Crippen LogP contribution in [0.5, 0.6) is 0 Å². The molecule has 1 aromatic rings. The van der Waals surface area contributed by atoms with Crippen LogP contribution in [-0.2, 0) is 4.74 Å². The smallest absolute Gasteiger partial charge is 0.358 e. The molecule has 0 aliphatic carbocycles. The Bertz CT molecular complexity index is 380. The van der Waals surface area contributed by atoms with Gasteiger partial charge in [-0.25, -0.2) is 9.78 Å². The first-order chi connectivity index (χ1) is 6.19. The highest BCUT2D eigenvalue weighted by molar-refractivity contribution is 5.89. The Kier molecular flexibility index (Phi) is 2.60. The van der Waals surface area contributed by atoms with Crippen LogP contribution < -0.4 is 0 Å². The van der Waals surface area contributed by atoms with Gasteiger partial charge in [0.15, 0.2) is 5.69 Å². The molecule has 0 saturated carbocycles. The van der Waals surface area contributed by atoms with Crippen LogP contribution in [0.3, 0.4) is 0 Å². The topological polar surface area (TPSA) is 63.0 Å². The van der Waals surface area contributed by atoms with E-state index in [1.807, 2.05) is 6.07 Å². The molecule has 0 amide bonds. The third-order valence-electron chi connectivity index (χ3n) is 1.53. The number of esters is 1. The first-order valence-corrected chi connectivity index (χ1v) is 3.65. The molecule has 0 aliphatic heterocycles. The van der Waals surface area contributed by atoms with E-state index in [1.54, 1.807) is 19.1 Å². The van der Waals surface area contributed by atoms with Gasteiger partial charge in [0.1, 0.15) is 6.07 Å². The van der Waals surface area contributed by atoms with E-state index in [1.165, 1.54) is 7.11 Å². The van der Waals surface area contributed by atoms with Crippen LogP contribution in [0.15, 0.2) is 12.1 Å². The molecule has 13 heavy (non-hydrogen) atoms. The summed E-state index contributed by atoms with van der Waals surface area (Å²) in [5, 5.41) is 8.66. The van der Waals surface area contributed by atoms with Crippen molar-refractivity contribution in [3.8, 4) is 6.07 Å². The van der Waals surface area contributed by atoms with E-state index >= 15 is 0 Å². The minimum Gasteiger partial charge on any atom is -0.464 e. The van der Waals surface area contributed by atoms with Gasteiger partial charge in [0.2, 0.25) is 0 Å². The predicted molar refractivity (Wildman–Crippen MR) is 45.0 cm³/mol. The highest BCUT2D eigenvalue weighted by Gasteiger charge is 2.12. The fourth-order valence-corrected chi connectivity index (χ4v) is 0.899. The maximum Gasteiger partial charge on any atom is 0.358 e. The van der Waals surface area contributed by atoms with Crippen molar-refractivity contribution in [3.05, 3.63) is 29.1 Å². The van der Waals surface area contributed by atoms with E-state index < -0.39 is 5.97 Å². The van der Waals surface area contributed by atoms with Crippen LogP contribution in [0.2, 0.25) is 0 Å². The summed E-state index contributed by atoms with van der Waals surface area (Å²) in [6.45, 7) is 1.74. The van der Waals surface area contributed by atoms with Crippen LogP contribution in [-0.4, -0.2) is 18.1 Å². The Morgan fingerprint density at radius 2 is 2.31 bits per heavy atom. The van der Waals surface area contributed by atoms with Crippen molar-refractivity contribution >= 4 is 5.97 Å². The lowest BCUT2D eigenvalue weighted by Gasteiger charge is -2.00. The van der Waals surface area contributed by atoms with E-state index in [2.05, 4.69) is 9.72 Å². The third kappa shape index (κ3) is 1.82. The van der Waals surface area contributed by atoms with Crippen molar-refractivity contribution in [1.29, 1.82) is 5.26 Å². The minimum atomic E-state index is -0.583. The standard InChI is InChI=1S/C9H8N2O2/c1-6-3-4-7(5-10)8(11-6)9(12)13-2/h3-4H,1-2H3. The maximum absolute atomic E-state index is 11.1. The van der Waals surface area contributed by atoms with E-state index in [0.717, 1.165) is 0 Å². The molecule has 0 aliphatic rings. The van der Waals surface area contributed by atoms with E-state index in [4.69, 9.17) is 5.26 Å². The molecule has 0 fully saturated rings. The number of hydrogen-bond acceptors (Lipinski definition) is 4. The molecule has 0 unspecified atom stereocenters. The first kappa shape index (κ1) is 9.20.